The Morgan fingerprint density at radius 3 is 2.81 bits per heavy atom. The minimum Gasteiger partial charge on any atom is -0.344 e. The third kappa shape index (κ3) is 2.19. The van der Waals surface area contributed by atoms with Gasteiger partial charge >= 0.3 is 0 Å². The van der Waals surface area contributed by atoms with Gasteiger partial charge in [-0.3, -0.25) is 9.59 Å². The Balaban J connectivity index is 1.89. The summed E-state index contributed by atoms with van der Waals surface area (Å²) in [5.74, 6) is 0.455. The number of hydrogen-bond donors (Lipinski definition) is 2. The summed E-state index contributed by atoms with van der Waals surface area (Å²) < 4.78 is 0. The summed E-state index contributed by atoms with van der Waals surface area (Å²) >= 11 is 0. The first-order valence-corrected chi connectivity index (χ1v) is 5.91. The highest BCUT2D eigenvalue weighted by atomic mass is 16.2. The number of nitrogens with one attached hydrogen (secondary N) is 1. The van der Waals surface area contributed by atoms with Gasteiger partial charge in [-0.15, -0.1) is 0 Å². The molecule has 0 spiro atoms. The lowest BCUT2D eigenvalue weighted by Crippen LogP contribution is -2.44. The van der Waals surface area contributed by atoms with Gasteiger partial charge in [0.05, 0.1) is 0 Å². The zero-order valence-corrected chi connectivity index (χ0v) is 9.61. The van der Waals surface area contributed by atoms with Gasteiger partial charge in [-0.05, 0) is 25.7 Å². The molecule has 3 N–H and O–H groups in total. The van der Waals surface area contributed by atoms with Gasteiger partial charge < -0.3 is 16.0 Å². The van der Waals surface area contributed by atoms with E-state index in [0.717, 1.165) is 19.5 Å². The van der Waals surface area contributed by atoms with Crippen molar-refractivity contribution >= 4 is 11.8 Å². The van der Waals surface area contributed by atoms with Crippen molar-refractivity contribution in [1.82, 2.24) is 10.2 Å². The number of carbonyl (C=O) groups is 2. The smallest absolute Gasteiger partial charge is 0.245 e. The molecule has 2 aliphatic heterocycles. The molecule has 2 heterocycles. The predicted octanol–water partition coefficient (Wildman–Crippen LogP) is -0.539. The molecule has 2 amide bonds. The summed E-state index contributed by atoms with van der Waals surface area (Å²) in [6.07, 6.45) is 2.09. The summed E-state index contributed by atoms with van der Waals surface area (Å²) in [5.41, 5.74) is 5.83. The van der Waals surface area contributed by atoms with Crippen molar-refractivity contribution in [2.75, 3.05) is 13.1 Å². The van der Waals surface area contributed by atoms with Crippen molar-refractivity contribution in [3.63, 3.8) is 0 Å². The molecule has 90 valence electrons. The molecule has 0 aromatic heterocycles. The molecule has 2 rings (SSSR count). The molecular weight excluding hydrogens is 206 g/mol. The summed E-state index contributed by atoms with van der Waals surface area (Å²) in [4.78, 5) is 24.9. The van der Waals surface area contributed by atoms with Crippen LogP contribution in [0.2, 0.25) is 0 Å². The normalized spacial score (nSPS) is 31.6. The van der Waals surface area contributed by atoms with Crippen molar-refractivity contribution in [3.8, 4) is 0 Å². The molecular formula is C11H19N3O2. The van der Waals surface area contributed by atoms with E-state index in [4.69, 9.17) is 5.73 Å². The molecule has 0 aromatic rings. The van der Waals surface area contributed by atoms with Crippen LogP contribution in [0.4, 0.5) is 0 Å². The van der Waals surface area contributed by atoms with Crippen LogP contribution in [0.5, 0.6) is 0 Å². The van der Waals surface area contributed by atoms with Gasteiger partial charge in [0, 0.05) is 25.6 Å². The topological polar surface area (TPSA) is 75.4 Å². The highest BCUT2D eigenvalue weighted by Gasteiger charge is 2.35. The quantitative estimate of drug-likeness (QED) is 0.663. The van der Waals surface area contributed by atoms with E-state index in [2.05, 4.69) is 5.32 Å². The van der Waals surface area contributed by atoms with Gasteiger partial charge in [0.25, 0.3) is 0 Å². The van der Waals surface area contributed by atoms with Crippen LogP contribution in [0.1, 0.15) is 26.2 Å². The maximum Gasteiger partial charge on any atom is 0.245 e. The van der Waals surface area contributed by atoms with Crippen LogP contribution >= 0.6 is 0 Å². The third-order valence-electron chi connectivity index (χ3n) is 3.57. The molecule has 2 aliphatic rings. The average Bonchev–Trinajstić information content (AvgIpc) is 2.84. The van der Waals surface area contributed by atoms with Gasteiger partial charge in [0.15, 0.2) is 0 Å². The number of hydrogen-bond acceptors (Lipinski definition) is 3. The Labute approximate surface area is 95.3 Å². The van der Waals surface area contributed by atoms with E-state index in [1.54, 1.807) is 0 Å². The second-order valence-corrected chi connectivity index (χ2v) is 4.85. The number of carbonyl (C=O) groups excluding carboxylic acids is 2. The Morgan fingerprint density at radius 1 is 1.56 bits per heavy atom. The summed E-state index contributed by atoms with van der Waals surface area (Å²) in [7, 11) is 0. The molecule has 0 aliphatic carbocycles. The first kappa shape index (κ1) is 11.4. The van der Waals surface area contributed by atoms with Crippen molar-refractivity contribution in [1.29, 1.82) is 0 Å². The van der Waals surface area contributed by atoms with Crippen molar-refractivity contribution in [3.05, 3.63) is 0 Å². The number of nitrogens with zero attached hydrogens (tertiary/aromatic N) is 1. The molecule has 0 radical (unpaired) electrons. The van der Waals surface area contributed by atoms with Gasteiger partial charge in [0.1, 0.15) is 6.04 Å². The van der Waals surface area contributed by atoms with E-state index in [1.807, 2.05) is 11.8 Å². The highest BCUT2D eigenvalue weighted by Crippen LogP contribution is 2.21. The van der Waals surface area contributed by atoms with Crippen LogP contribution in [-0.4, -0.2) is 41.9 Å². The average molecular weight is 225 g/mol. The molecule has 2 fully saturated rings. The summed E-state index contributed by atoms with van der Waals surface area (Å²) in [5, 5.41) is 2.71. The molecule has 0 bridgehead atoms. The summed E-state index contributed by atoms with van der Waals surface area (Å²) in [6, 6.07) is -0.157. The molecule has 5 nitrogen and oxygen atoms in total. The van der Waals surface area contributed by atoms with Gasteiger partial charge in [-0.1, -0.05) is 0 Å². The fourth-order valence-electron chi connectivity index (χ4n) is 2.44. The molecule has 2 unspecified atom stereocenters. The fourth-order valence-corrected chi connectivity index (χ4v) is 2.44. The molecule has 5 heteroatoms. The molecule has 0 aromatic carbocycles. The van der Waals surface area contributed by atoms with E-state index >= 15 is 0 Å². The van der Waals surface area contributed by atoms with Crippen LogP contribution in [0.25, 0.3) is 0 Å². The third-order valence-corrected chi connectivity index (χ3v) is 3.57. The van der Waals surface area contributed by atoms with E-state index < -0.39 is 0 Å². The number of rotatable bonds is 2. The van der Waals surface area contributed by atoms with Crippen LogP contribution in [0, 0.1) is 5.92 Å². The van der Waals surface area contributed by atoms with E-state index in [-0.39, 0.29) is 23.9 Å². The van der Waals surface area contributed by atoms with Crippen molar-refractivity contribution in [2.24, 2.45) is 11.7 Å². The van der Waals surface area contributed by atoms with E-state index in [0.29, 0.717) is 18.8 Å². The van der Waals surface area contributed by atoms with E-state index in [9.17, 15) is 9.59 Å². The SMILES string of the molecule is CC(N)C1CCN(C(=O)[C@@H]2CCC(=O)N2)C1. The second-order valence-electron chi connectivity index (χ2n) is 4.85. The van der Waals surface area contributed by atoms with Crippen LogP contribution in [0.3, 0.4) is 0 Å². The monoisotopic (exact) mass is 225 g/mol. The Kier molecular flexibility index (Phi) is 3.14. The van der Waals surface area contributed by atoms with Crippen LogP contribution in [-0.2, 0) is 9.59 Å². The van der Waals surface area contributed by atoms with Crippen LogP contribution < -0.4 is 11.1 Å². The zero-order chi connectivity index (χ0) is 11.7. The lowest BCUT2D eigenvalue weighted by atomic mass is 10.0. The maximum atomic E-state index is 12.0. The zero-order valence-electron chi connectivity index (χ0n) is 9.61. The minimum atomic E-state index is -0.292. The maximum absolute atomic E-state index is 12.0. The Hall–Kier alpha value is -1.10. The second kappa shape index (κ2) is 4.41. The van der Waals surface area contributed by atoms with Gasteiger partial charge in [-0.2, -0.15) is 0 Å². The van der Waals surface area contributed by atoms with E-state index in [1.165, 1.54) is 0 Å². The molecule has 0 saturated carbocycles. The lowest BCUT2D eigenvalue weighted by molar-refractivity contribution is -0.133. The fraction of sp³-hybridized carbons (Fsp3) is 0.818. The molecule has 16 heavy (non-hydrogen) atoms. The number of amides is 2. The Morgan fingerprint density at radius 2 is 2.31 bits per heavy atom. The standard InChI is InChI=1S/C11H19N3O2/c1-7(12)8-4-5-14(6-8)11(16)9-2-3-10(15)13-9/h7-9H,2-6,12H2,1H3,(H,13,15)/t7?,8?,9-/m0/s1. The van der Waals surface area contributed by atoms with Gasteiger partial charge in [-0.25, -0.2) is 0 Å². The highest BCUT2D eigenvalue weighted by molar-refractivity contribution is 5.90. The minimum absolute atomic E-state index is 0.0127. The predicted molar refractivity (Wildman–Crippen MR) is 59.5 cm³/mol. The van der Waals surface area contributed by atoms with Crippen LogP contribution in [0.15, 0.2) is 0 Å². The largest absolute Gasteiger partial charge is 0.344 e. The number of nitrogens with two attached hydrogens (primary N) is 1. The van der Waals surface area contributed by atoms with Crippen molar-refractivity contribution < 1.29 is 9.59 Å². The number of likely N-dealkylation sites (tertiary alicyclic amines) is 1. The Bertz CT molecular complexity index is 304. The van der Waals surface area contributed by atoms with Crippen molar-refractivity contribution in [2.45, 2.75) is 38.3 Å². The summed E-state index contributed by atoms with van der Waals surface area (Å²) in [6.45, 7) is 3.50. The van der Waals surface area contributed by atoms with Gasteiger partial charge in [0.2, 0.25) is 11.8 Å². The molecule has 3 atom stereocenters. The molecule has 2 saturated heterocycles. The lowest BCUT2D eigenvalue weighted by Gasteiger charge is -2.21. The first-order valence-electron chi connectivity index (χ1n) is 5.91. The first-order chi connectivity index (χ1) is 7.58.